The molecule has 2 rings (SSSR count). The van der Waals surface area contributed by atoms with Gasteiger partial charge in [0.1, 0.15) is 0 Å². The van der Waals surface area contributed by atoms with Crippen LogP contribution in [-0.4, -0.2) is 27.6 Å². The zero-order valence-electron chi connectivity index (χ0n) is 10.1. The maximum absolute atomic E-state index is 4.18. The Balaban J connectivity index is 1.69. The highest BCUT2D eigenvalue weighted by atomic mass is 32.2. The molecule has 1 saturated carbocycles. The standard InChI is InChI=1S/C12H21N3S/c1-10(7-13-11-5-3-4-6-11)16-12-8-14-15(2)9-12/h8-11,13H,3-7H2,1-2H3. The van der Waals surface area contributed by atoms with Crippen LogP contribution in [0.3, 0.4) is 0 Å². The van der Waals surface area contributed by atoms with E-state index in [2.05, 4.69) is 23.5 Å². The summed E-state index contributed by atoms with van der Waals surface area (Å²) >= 11 is 1.90. The lowest BCUT2D eigenvalue weighted by Gasteiger charge is -2.15. The quantitative estimate of drug-likeness (QED) is 0.800. The van der Waals surface area contributed by atoms with E-state index in [0.717, 1.165) is 12.6 Å². The monoisotopic (exact) mass is 239 g/mol. The number of hydrogen-bond acceptors (Lipinski definition) is 3. The van der Waals surface area contributed by atoms with E-state index < -0.39 is 0 Å². The molecular formula is C12H21N3S. The molecule has 1 aromatic heterocycles. The number of hydrogen-bond donors (Lipinski definition) is 1. The minimum atomic E-state index is 0.616. The minimum Gasteiger partial charge on any atom is -0.313 e. The van der Waals surface area contributed by atoms with Crippen molar-refractivity contribution in [3.8, 4) is 0 Å². The second kappa shape index (κ2) is 5.73. The summed E-state index contributed by atoms with van der Waals surface area (Å²) in [5.41, 5.74) is 0. The number of rotatable bonds is 5. The molecule has 4 heteroatoms. The molecule has 0 spiro atoms. The molecule has 1 aliphatic rings. The summed E-state index contributed by atoms with van der Waals surface area (Å²) in [7, 11) is 1.96. The number of aromatic nitrogens is 2. The average Bonchev–Trinajstić information content (AvgIpc) is 2.87. The Hall–Kier alpha value is -0.480. The van der Waals surface area contributed by atoms with Gasteiger partial charge in [-0.15, -0.1) is 11.8 Å². The molecule has 0 amide bonds. The van der Waals surface area contributed by atoms with E-state index in [0.29, 0.717) is 5.25 Å². The molecule has 16 heavy (non-hydrogen) atoms. The zero-order valence-corrected chi connectivity index (χ0v) is 11.0. The number of nitrogens with one attached hydrogen (secondary N) is 1. The van der Waals surface area contributed by atoms with Gasteiger partial charge in [0.15, 0.2) is 0 Å². The number of aryl methyl sites for hydroxylation is 1. The Morgan fingerprint density at radius 1 is 1.56 bits per heavy atom. The largest absolute Gasteiger partial charge is 0.313 e. The van der Waals surface area contributed by atoms with Crippen LogP contribution in [0.5, 0.6) is 0 Å². The summed E-state index contributed by atoms with van der Waals surface area (Å²) in [5, 5.41) is 8.46. The van der Waals surface area contributed by atoms with E-state index in [-0.39, 0.29) is 0 Å². The molecule has 0 aromatic carbocycles. The first-order valence-electron chi connectivity index (χ1n) is 6.13. The molecule has 1 heterocycles. The van der Waals surface area contributed by atoms with Gasteiger partial charge in [-0.25, -0.2) is 0 Å². The van der Waals surface area contributed by atoms with Crippen molar-refractivity contribution in [2.45, 2.75) is 48.8 Å². The lowest BCUT2D eigenvalue weighted by Crippen LogP contribution is -2.31. The number of thioether (sulfide) groups is 1. The summed E-state index contributed by atoms with van der Waals surface area (Å²) in [6.45, 7) is 3.38. The third-order valence-electron chi connectivity index (χ3n) is 3.07. The van der Waals surface area contributed by atoms with Crippen LogP contribution >= 0.6 is 11.8 Å². The van der Waals surface area contributed by atoms with Crippen molar-refractivity contribution in [1.29, 1.82) is 0 Å². The second-order valence-electron chi connectivity index (χ2n) is 4.67. The van der Waals surface area contributed by atoms with Crippen molar-refractivity contribution in [2.24, 2.45) is 7.05 Å². The van der Waals surface area contributed by atoms with Crippen LogP contribution in [0.1, 0.15) is 32.6 Å². The van der Waals surface area contributed by atoms with Gasteiger partial charge in [-0.3, -0.25) is 4.68 Å². The second-order valence-corrected chi connectivity index (χ2v) is 6.18. The van der Waals surface area contributed by atoms with Crippen LogP contribution in [0.15, 0.2) is 17.3 Å². The molecule has 0 bridgehead atoms. The lowest BCUT2D eigenvalue weighted by molar-refractivity contribution is 0.527. The topological polar surface area (TPSA) is 29.9 Å². The van der Waals surface area contributed by atoms with Gasteiger partial charge >= 0.3 is 0 Å². The highest BCUT2D eigenvalue weighted by Crippen LogP contribution is 2.23. The fraction of sp³-hybridized carbons (Fsp3) is 0.750. The molecule has 0 saturated heterocycles. The Morgan fingerprint density at radius 3 is 2.94 bits per heavy atom. The summed E-state index contributed by atoms with van der Waals surface area (Å²) in [4.78, 5) is 1.27. The fourth-order valence-electron chi connectivity index (χ4n) is 2.20. The molecule has 1 N–H and O–H groups in total. The Labute approximate surface area is 102 Å². The molecule has 1 unspecified atom stereocenters. The highest BCUT2D eigenvalue weighted by molar-refractivity contribution is 8.00. The van der Waals surface area contributed by atoms with Crippen molar-refractivity contribution in [2.75, 3.05) is 6.54 Å². The fourth-order valence-corrected chi connectivity index (χ4v) is 3.16. The Morgan fingerprint density at radius 2 is 2.31 bits per heavy atom. The summed E-state index contributed by atoms with van der Waals surface area (Å²) in [6.07, 6.45) is 9.56. The van der Waals surface area contributed by atoms with E-state index >= 15 is 0 Å². The molecule has 90 valence electrons. The van der Waals surface area contributed by atoms with E-state index in [1.165, 1.54) is 30.6 Å². The van der Waals surface area contributed by atoms with E-state index in [4.69, 9.17) is 0 Å². The van der Waals surface area contributed by atoms with Crippen molar-refractivity contribution < 1.29 is 0 Å². The van der Waals surface area contributed by atoms with Gasteiger partial charge in [0.25, 0.3) is 0 Å². The van der Waals surface area contributed by atoms with Gasteiger partial charge in [-0.1, -0.05) is 19.8 Å². The molecule has 0 aliphatic heterocycles. The molecule has 1 aliphatic carbocycles. The van der Waals surface area contributed by atoms with Crippen LogP contribution in [0.25, 0.3) is 0 Å². The van der Waals surface area contributed by atoms with Crippen LogP contribution in [0.4, 0.5) is 0 Å². The third kappa shape index (κ3) is 3.52. The molecular weight excluding hydrogens is 218 g/mol. The van der Waals surface area contributed by atoms with Crippen LogP contribution in [-0.2, 0) is 7.05 Å². The third-order valence-corrected chi connectivity index (χ3v) is 4.12. The van der Waals surface area contributed by atoms with Gasteiger partial charge in [0, 0.05) is 36.0 Å². The van der Waals surface area contributed by atoms with Crippen molar-refractivity contribution >= 4 is 11.8 Å². The zero-order chi connectivity index (χ0) is 11.4. The van der Waals surface area contributed by atoms with Gasteiger partial charge in [0.05, 0.1) is 6.20 Å². The van der Waals surface area contributed by atoms with Gasteiger partial charge in [-0.2, -0.15) is 5.10 Å². The van der Waals surface area contributed by atoms with Crippen molar-refractivity contribution in [1.82, 2.24) is 15.1 Å². The van der Waals surface area contributed by atoms with Gasteiger partial charge in [0.2, 0.25) is 0 Å². The predicted molar refractivity (Wildman–Crippen MR) is 68.8 cm³/mol. The van der Waals surface area contributed by atoms with Crippen LogP contribution in [0.2, 0.25) is 0 Å². The smallest absolute Gasteiger partial charge is 0.0625 e. The molecule has 3 nitrogen and oxygen atoms in total. The van der Waals surface area contributed by atoms with Crippen molar-refractivity contribution in [3.63, 3.8) is 0 Å². The highest BCUT2D eigenvalue weighted by Gasteiger charge is 2.15. The molecule has 1 fully saturated rings. The molecule has 1 aromatic rings. The van der Waals surface area contributed by atoms with Gasteiger partial charge < -0.3 is 5.32 Å². The van der Waals surface area contributed by atoms with E-state index in [9.17, 15) is 0 Å². The SMILES string of the molecule is CC(CNC1CCCC1)Sc1cnn(C)c1. The summed E-state index contributed by atoms with van der Waals surface area (Å²) < 4.78 is 1.86. The Kier molecular flexibility index (Phi) is 4.29. The predicted octanol–water partition coefficient (Wildman–Crippen LogP) is 2.43. The minimum absolute atomic E-state index is 0.616. The van der Waals surface area contributed by atoms with Crippen LogP contribution < -0.4 is 5.32 Å². The first-order chi connectivity index (χ1) is 7.74. The first kappa shape index (κ1) is 12.0. The number of nitrogens with zero attached hydrogens (tertiary/aromatic N) is 2. The Bertz CT molecular complexity index is 318. The first-order valence-corrected chi connectivity index (χ1v) is 7.00. The normalized spacial score (nSPS) is 19.1. The molecule has 0 radical (unpaired) electrons. The van der Waals surface area contributed by atoms with Crippen LogP contribution in [0, 0.1) is 0 Å². The van der Waals surface area contributed by atoms with E-state index in [1.54, 1.807) is 0 Å². The summed E-state index contributed by atoms with van der Waals surface area (Å²) in [5.74, 6) is 0. The van der Waals surface area contributed by atoms with Crippen molar-refractivity contribution in [3.05, 3.63) is 12.4 Å². The summed E-state index contributed by atoms with van der Waals surface area (Å²) in [6, 6.07) is 0.775. The maximum Gasteiger partial charge on any atom is 0.0625 e. The lowest BCUT2D eigenvalue weighted by atomic mass is 10.2. The molecule has 1 atom stereocenters. The average molecular weight is 239 g/mol. The maximum atomic E-state index is 4.18. The van der Waals surface area contributed by atoms with Gasteiger partial charge in [-0.05, 0) is 12.8 Å². The van der Waals surface area contributed by atoms with E-state index in [1.807, 2.05) is 29.7 Å².